The number of carbonyl (C=O) groups excluding carboxylic acids is 1. The van der Waals surface area contributed by atoms with Gasteiger partial charge in [0.15, 0.2) is 9.84 Å². The van der Waals surface area contributed by atoms with Gasteiger partial charge in [-0.1, -0.05) is 18.2 Å². The first kappa shape index (κ1) is 17.9. The fraction of sp³-hybridized carbons (Fsp3) is 0.500. The number of para-hydroxylation sites is 1. The Balaban J connectivity index is 1.64. The van der Waals surface area contributed by atoms with Crippen molar-refractivity contribution in [2.75, 3.05) is 25.2 Å². The minimum absolute atomic E-state index is 0.0645. The van der Waals surface area contributed by atoms with Gasteiger partial charge in [0.1, 0.15) is 0 Å². The quantitative estimate of drug-likeness (QED) is 0.808. The van der Waals surface area contributed by atoms with Crippen LogP contribution >= 0.6 is 0 Å². The van der Waals surface area contributed by atoms with E-state index in [2.05, 4.69) is 28.2 Å². The van der Waals surface area contributed by atoms with E-state index in [-0.39, 0.29) is 23.5 Å². The summed E-state index contributed by atoms with van der Waals surface area (Å²) in [5.74, 6) is 0.149. The second kappa shape index (κ2) is 7.58. The Labute approximate surface area is 148 Å². The number of hydrogen-bond acceptors (Lipinski definition) is 4. The molecule has 1 atom stereocenters. The van der Waals surface area contributed by atoms with Gasteiger partial charge in [-0.05, 0) is 24.5 Å². The fourth-order valence-electron chi connectivity index (χ4n) is 3.35. The number of sulfone groups is 1. The summed E-state index contributed by atoms with van der Waals surface area (Å²) < 4.78 is 30.3. The largest absolute Gasteiger partial charge is 0.383 e. The van der Waals surface area contributed by atoms with Gasteiger partial charge in [-0.15, -0.1) is 0 Å². The summed E-state index contributed by atoms with van der Waals surface area (Å²) in [5, 5.41) is 4.00. The van der Waals surface area contributed by atoms with Gasteiger partial charge in [0.25, 0.3) is 0 Å². The van der Waals surface area contributed by atoms with Crippen molar-refractivity contribution in [1.82, 2.24) is 9.88 Å². The molecule has 1 aromatic heterocycles. The highest BCUT2D eigenvalue weighted by atomic mass is 32.2. The molecule has 1 aliphatic rings. The van der Waals surface area contributed by atoms with E-state index in [1.165, 1.54) is 0 Å². The zero-order chi connectivity index (χ0) is 17.9. The third-order valence-electron chi connectivity index (χ3n) is 4.63. The van der Waals surface area contributed by atoms with Gasteiger partial charge < -0.3 is 14.6 Å². The van der Waals surface area contributed by atoms with Crippen LogP contribution in [-0.4, -0.2) is 50.2 Å². The van der Waals surface area contributed by atoms with Crippen molar-refractivity contribution in [3.8, 4) is 0 Å². The third-order valence-corrected chi connectivity index (χ3v) is 6.39. The lowest BCUT2D eigenvalue weighted by Gasteiger charge is -2.10. The number of nitrogens with one attached hydrogen (secondary N) is 1. The summed E-state index contributed by atoms with van der Waals surface area (Å²) in [5.41, 5.74) is 2.26. The molecular formula is C18H24N2O4S. The second-order valence-electron chi connectivity index (χ2n) is 6.53. The Bertz CT molecular complexity index is 857. The number of amides is 1. The second-order valence-corrected chi connectivity index (χ2v) is 8.75. The van der Waals surface area contributed by atoms with E-state index < -0.39 is 9.84 Å². The van der Waals surface area contributed by atoms with Crippen molar-refractivity contribution in [1.29, 1.82) is 0 Å². The number of benzene rings is 1. The van der Waals surface area contributed by atoms with Crippen molar-refractivity contribution in [2.45, 2.75) is 31.8 Å². The minimum Gasteiger partial charge on any atom is -0.383 e. The number of hydrogen-bond donors (Lipinski definition) is 1. The van der Waals surface area contributed by atoms with Gasteiger partial charge >= 0.3 is 0 Å². The van der Waals surface area contributed by atoms with E-state index >= 15 is 0 Å². The molecule has 7 heteroatoms. The molecule has 136 valence electrons. The average Bonchev–Trinajstić information content (AvgIpc) is 3.11. The predicted molar refractivity (Wildman–Crippen MR) is 97.3 cm³/mol. The number of rotatable bonds is 7. The van der Waals surface area contributed by atoms with Gasteiger partial charge in [-0.25, -0.2) is 8.42 Å². The lowest BCUT2D eigenvalue weighted by atomic mass is 10.1. The minimum atomic E-state index is -2.97. The molecule has 6 nitrogen and oxygen atoms in total. The molecule has 0 bridgehead atoms. The summed E-state index contributed by atoms with van der Waals surface area (Å²) in [6.07, 6.45) is 3.59. The molecule has 25 heavy (non-hydrogen) atoms. The molecule has 0 saturated carbocycles. The van der Waals surface area contributed by atoms with Crippen LogP contribution in [0.15, 0.2) is 30.5 Å². The van der Waals surface area contributed by atoms with Crippen molar-refractivity contribution >= 4 is 26.6 Å². The van der Waals surface area contributed by atoms with Gasteiger partial charge in [0.05, 0.1) is 18.1 Å². The molecule has 2 heterocycles. The number of aryl methyl sites for hydroxylation is 1. The van der Waals surface area contributed by atoms with Gasteiger partial charge in [-0.2, -0.15) is 0 Å². The maximum absolute atomic E-state index is 12.2. The van der Waals surface area contributed by atoms with E-state index in [0.29, 0.717) is 25.9 Å². The van der Waals surface area contributed by atoms with Crippen LogP contribution in [0, 0.1) is 0 Å². The van der Waals surface area contributed by atoms with Gasteiger partial charge in [0.2, 0.25) is 5.91 Å². The molecule has 0 unspecified atom stereocenters. The topological polar surface area (TPSA) is 77.4 Å². The average molecular weight is 364 g/mol. The molecule has 0 radical (unpaired) electrons. The zero-order valence-electron chi connectivity index (χ0n) is 14.4. The van der Waals surface area contributed by atoms with Crippen LogP contribution < -0.4 is 5.32 Å². The van der Waals surface area contributed by atoms with Crippen molar-refractivity contribution in [3.05, 3.63) is 36.0 Å². The van der Waals surface area contributed by atoms with E-state index in [0.717, 1.165) is 23.0 Å². The molecule has 1 N–H and O–H groups in total. The molecule has 1 fully saturated rings. The number of fused-ring (bicyclic) bond motifs is 1. The Morgan fingerprint density at radius 2 is 2.16 bits per heavy atom. The molecule has 1 saturated heterocycles. The van der Waals surface area contributed by atoms with Gasteiger partial charge in [-0.3, -0.25) is 4.79 Å². The molecular weight excluding hydrogens is 340 g/mol. The SMILES string of the molecule is COCCn1cc(CCC(=O)N[C@H]2CCS(=O)(=O)C2)c2ccccc21. The van der Waals surface area contributed by atoms with Crippen LogP contribution in [0.4, 0.5) is 0 Å². The summed E-state index contributed by atoms with van der Waals surface area (Å²) in [6.45, 7) is 1.40. The van der Waals surface area contributed by atoms with Crippen LogP contribution in [0.1, 0.15) is 18.4 Å². The van der Waals surface area contributed by atoms with E-state index in [9.17, 15) is 13.2 Å². The first-order valence-electron chi connectivity index (χ1n) is 8.54. The molecule has 1 aromatic carbocycles. The summed E-state index contributed by atoms with van der Waals surface area (Å²) >= 11 is 0. The van der Waals surface area contributed by atoms with Crippen LogP contribution in [0.5, 0.6) is 0 Å². The first-order chi connectivity index (χ1) is 12.0. The number of nitrogens with zero attached hydrogens (tertiary/aromatic N) is 1. The number of carbonyl (C=O) groups is 1. The highest BCUT2D eigenvalue weighted by molar-refractivity contribution is 7.91. The highest BCUT2D eigenvalue weighted by Crippen LogP contribution is 2.22. The van der Waals surface area contributed by atoms with Crippen LogP contribution in [0.25, 0.3) is 10.9 Å². The first-order valence-corrected chi connectivity index (χ1v) is 10.4. The maximum atomic E-state index is 12.2. The third kappa shape index (κ3) is 4.41. The molecule has 0 spiro atoms. The van der Waals surface area contributed by atoms with E-state index in [1.807, 2.05) is 12.1 Å². The Morgan fingerprint density at radius 3 is 2.88 bits per heavy atom. The summed E-state index contributed by atoms with van der Waals surface area (Å²) in [7, 11) is -1.29. The standard InChI is InChI=1S/C18H24N2O4S/c1-24-10-9-20-12-14(16-4-2-3-5-17(16)20)6-7-18(21)19-15-8-11-25(22,23)13-15/h2-5,12,15H,6-11,13H2,1H3,(H,19,21)/t15-/m0/s1. The van der Waals surface area contributed by atoms with Crippen molar-refractivity contribution < 1.29 is 17.9 Å². The van der Waals surface area contributed by atoms with Crippen LogP contribution in [-0.2, 0) is 32.3 Å². The maximum Gasteiger partial charge on any atom is 0.220 e. The summed E-state index contributed by atoms with van der Waals surface area (Å²) in [6, 6.07) is 7.90. The molecule has 1 amide bonds. The normalized spacial score (nSPS) is 19.3. The molecule has 2 aromatic rings. The highest BCUT2D eigenvalue weighted by Gasteiger charge is 2.28. The smallest absolute Gasteiger partial charge is 0.220 e. The number of aromatic nitrogens is 1. The lowest BCUT2D eigenvalue weighted by molar-refractivity contribution is -0.121. The van der Waals surface area contributed by atoms with Crippen molar-refractivity contribution in [2.24, 2.45) is 0 Å². The van der Waals surface area contributed by atoms with Crippen LogP contribution in [0.2, 0.25) is 0 Å². The molecule has 0 aliphatic carbocycles. The Kier molecular flexibility index (Phi) is 5.44. The fourth-order valence-corrected chi connectivity index (χ4v) is 5.03. The monoisotopic (exact) mass is 364 g/mol. The lowest BCUT2D eigenvalue weighted by Crippen LogP contribution is -2.35. The molecule has 3 rings (SSSR count). The van der Waals surface area contributed by atoms with E-state index in [4.69, 9.17) is 4.74 Å². The molecule has 1 aliphatic heterocycles. The number of ether oxygens (including phenoxy) is 1. The predicted octanol–water partition coefficient (Wildman–Crippen LogP) is 1.52. The zero-order valence-corrected chi connectivity index (χ0v) is 15.2. The summed E-state index contributed by atoms with van der Waals surface area (Å²) in [4.78, 5) is 12.2. The Morgan fingerprint density at radius 1 is 1.36 bits per heavy atom. The van der Waals surface area contributed by atoms with Crippen molar-refractivity contribution in [3.63, 3.8) is 0 Å². The number of methoxy groups -OCH3 is 1. The van der Waals surface area contributed by atoms with Gasteiger partial charge in [0, 0.05) is 43.2 Å². The van der Waals surface area contributed by atoms with Crippen LogP contribution in [0.3, 0.4) is 0 Å². The Hall–Kier alpha value is -1.86. The van der Waals surface area contributed by atoms with E-state index in [1.54, 1.807) is 7.11 Å².